The first kappa shape index (κ1) is 24.9. The summed E-state index contributed by atoms with van der Waals surface area (Å²) in [6, 6.07) is -0.613. The summed E-state index contributed by atoms with van der Waals surface area (Å²) in [5, 5.41) is 11.3. The highest BCUT2D eigenvalue weighted by atomic mass is 35.5. The van der Waals surface area contributed by atoms with E-state index in [1.54, 1.807) is 0 Å². The first-order valence-electron chi connectivity index (χ1n) is 10.7. The van der Waals surface area contributed by atoms with E-state index in [9.17, 15) is 9.59 Å². The third kappa shape index (κ3) is 7.39. The van der Waals surface area contributed by atoms with Crippen LogP contribution in [0.25, 0.3) is 0 Å². The van der Waals surface area contributed by atoms with Gasteiger partial charge in [0.2, 0.25) is 11.7 Å². The number of ketones is 1. The SMILES string of the molecule is CC(C)CC(NC(=O)C1CCCCC1)C(=O)c1nnc(SCCN2CC=CC2)o1.Cl. The van der Waals surface area contributed by atoms with Gasteiger partial charge < -0.3 is 9.73 Å². The zero-order chi connectivity index (χ0) is 20.6. The normalized spacial score (nSPS) is 18.4. The van der Waals surface area contributed by atoms with E-state index in [0.717, 1.165) is 51.1 Å². The molecule has 1 fully saturated rings. The van der Waals surface area contributed by atoms with Gasteiger partial charge in [-0.05, 0) is 25.2 Å². The number of nitrogens with zero attached hydrogens (tertiary/aromatic N) is 3. The largest absolute Gasteiger partial charge is 0.408 e. The number of aromatic nitrogens is 2. The maximum absolute atomic E-state index is 13.0. The Morgan fingerprint density at radius 1 is 1.20 bits per heavy atom. The lowest BCUT2D eigenvalue weighted by Crippen LogP contribution is -2.45. The molecule has 1 aromatic rings. The number of hydrogen-bond donors (Lipinski definition) is 1. The molecule has 1 amide bonds. The fraction of sp³-hybridized carbons (Fsp3) is 0.714. The molecule has 2 heterocycles. The van der Waals surface area contributed by atoms with Gasteiger partial charge in [-0.1, -0.05) is 57.0 Å². The van der Waals surface area contributed by atoms with Crippen molar-refractivity contribution in [2.24, 2.45) is 11.8 Å². The van der Waals surface area contributed by atoms with Crippen molar-refractivity contribution in [2.75, 3.05) is 25.4 Å². The lowest BCUT2D eigenvalue weighted by Gasteiger charge is -2.24. The maximum atomic E-state index is 13.0. The van der Waals surface area contributed by atoms with E-state index >= 15 is 0 Å². The Kier molecular flexibility index (Phi) is 10.3. The predicted molar refractivity (Wildman–Crippen MR) is 120 cm³/mol. The second kappa shape index (κ2) is 12.5. The molecule has 168 valence electrons. The van der Waals surface area contributed by atoms with Crippen molar-refractivity contribution >= 4 is 35.9 Å². The molecule has 9 heteroatoms. The van der Waals surface area contributed by atoms with Gasteiger partial charge >= 0.3 is 0 Å². The van der Waals surface area contributed by atoms with Crippen LogP contribution in [0.2, 0.25) is 0 Å². The molecule has 0 saturated heterocycles. The van der Waals surface area contributed by atoms with Crippen molar-refractivity contribution in [3.05, 3.63) is 18.0 Å². The van der Waals surface area contributed by atoms with Crippen LogP contribution in [0, 0.1) is 11.8 Å². The van der Waals surface area contributed by atoms with Crippen molar-refractivity contribution in [1.82, 2.24) is 20.4 Å². The minimum absolute atomic E-state index is 0. The Labute approximate surface area is 189 Å². The number of Topliss-reactive ketones (excluding diaryl/α,β-unsaturated/α-hetero) is 1. The molecular formula is C21H33ClN4O3S. The van der Waals surface area contributed by atoms with Crippen LogP contribution in [0.3, 0.4) is 0 Å². The third-order valence-corrected chi connectivity index (χ3v) is 6.26. The summed E-state index contributed by atoms with van der Waals surface area (Å²) in [6.07, 6.45) is 10.0. The van der Waals surface area contributed by atoms with Crippen LogP contribution < -0.4 is 5.32 Å². The van der Waals surface area contributed by atoms with Gasteiger partial charge in [0, 0.05) is 31.3 Å². The zero-order valence-electron chi connectivity index (χ0n) is 17.8. The van der Waals surface area contributed by atoms with E-state index in [4.69, 9.17) is 4.42 Å². The first-order valence-corrected chi connectivity index (χ1v) is 11.7. The van der Waals surface area contributed by atoms with Gasteiger partial charge in [0.1, 0.15) is 0 Å². The quantitative estimate of drug-likeness (QED) is 0.326. The second-order valence-corrected chi connectivity index (χ2v) is 9.39. The molecule has 1 aliphatic heterocycles. The van der Waals surface area contributed by atoms with Crippen LogP contribution in [-0.2, 0) is 4.79 Å². The molecule has 0 radical (unpaired) electrons. The molecular weight excluding hydrogens is 424 g/mol. The molecule has 1 atom stereocenters. The van der Waals surface area contributed by atoms with Crippen molar-refractivity contribution in [2.45, 2.75) is 63.6 Å². The van der Waals surface area contributed by atoms with E-state index in [0.29, 0.717) is 11.6 Å². The van der Waals surface area contributed by atoms with Crippen LogP contribution in [0.15, 0.2) is 21.8 Å². The van der Waals surface area contributed by atoms with Crippen molar-refractivity contribution in [3.8, 4) is 0 Å². The van der Waals surface area contributed by atoms with Gasteiger partial charge in [0.25, 0.3) is 11.1 Å². The summed E-state index contributed by atoms with van der Waals surface area (Å²) in [5.41, 5.74) is 0. The van der Waals surface area contributed by atoms with Crippen molar-refractivity contribution < 1.29 is 14.0 Å². The summed E-state index contributed by atoms with van der Waals surface area (Å²) >= 11 is 1.46. The number of amides is 1. The van der Waals surface area contributed by atoms with Gasteiger partial charge in [0.15, 0.2) is 0 Å². The summed E-state index contributed by atoms with van der Waals surface area (Å²) < 4.78 is 5.61. The van der Waals surface area contributed by atoms with Gasteiger partial charge in [-0.15, -0.1) is 22.6 Å². The molecule has 1 N–H and O–H groups in total. The third-order valence-electron chi connectivity index (χ3n) is 5.46. The Morgan fingerprint density at radius 3 is 2.57 bits per heavy atom. The molecule has 0 aromatic carbocycles. The Morgan fingerprint density at radius 2 is 1.90 bits per heavy atom. The van der Waals surface area contributed by atoms with E-state index in [-0.39, 0.29) is 41.8 Å². The highest BCUT2D eigenvalue weighted by molar-refractivity contribution is 7.99. The van der Waals surface area contributed by atoms with Crippen LogP contribution in [-0.4, -0.2) is 58.2 Å². The van der Waals surface area contributed by atoms with Gasteiger partial charge in [-0.3, -0.25) is 14.5 Å². The van der Waals surface area contributed by atoms with Crippen molar-refractivity contribution in [3.63, 3.8) is 0 Å². The summed E-state index contributed by atoms with van der Waals surface area (Å²) in [6.45, 7) is 6.96. The zero-order valence-corrected chi connectivity index (χ0v) is 19.5. The molecule has 0 bridgehead atoms. The van der Waals surface area contributed by atoms with E-state index in [2.05, 4.69) is 32.6 Å². The van der Waals surface area contributed by atoms with Crippen molar-refractivity contribution in [1.29, 1.82) is 0 Å². The second-order valence-electron chi connectivity index (χ2n) is 8.34. The summed E-state index contributed by atoms with van der Waals surface area (Å²) in [4.78, 5) is 27.9. The molecule has 7 nitrogen and oxygen atoms in total. The Bertz CT molecular complexity index is 711. The molecule has 2 aliphatic rings. The molecule has 1 unspecified atom stereocenters. The average Bonchev–Trinajstić information content (AvgIpc) is 3.39. The molecule has 1 aliphatic carbocycles. The number of rotatable bonds is 10. The smallest absolute Gasteiger partial charge is 0.286 e. The molecule has 3 rings (SSSR count). The Balaban J connectivity index is 0.00000320. The van der Waals surface area contributed by atoms with Crippen LogP contribution in [0.4, 0.5) is 0 Å². The van der Waals surface area contributed by atoms with E-state index in [1.165, 1.54) is 18.2 Å². The predicted octanol–water partition coefficient (Wildman–Crippen LogP) is 3.75. The Hall–Kier alpha value is -1.38. The standard InChI is InChI=1S/C21H32N4O3S.ClH/c1-15(2)14-17(22-19(27)16-8-4-3-5-9-16)18(26)20-23-24-21(28-20)29-13-12-25-10-6-7-11-25;/h6-7,15-17H,3-5,8-14H2,1-2H3,(H,22,27);1H. The monoisotopic (exact) mass is 456 g/mol. The minimum atomic E-state index is -0.613. The van der Waals surface area contributed by atoms with Gasteiger partial charge in [-0.25, -0.2) is 0 Å². The summed E-state index contributed by atoms with van der Waals surface area (Å²) in [7, 11) is 0. The number of halogens is 1. The summed E-state index contributed by atoms with van der Waals surface area (Å²) in [5.74, 6) is 0.792. The topological polar surface area (TPSA) is 88.3 Å². The lowest BCUT2D eigenvalue weighted by atomic mass is 9.88. The van der Waals surface area contributed by atoms with E-state index in [1.807, 2.05) is 13.8 Å². The number of nitrogens with one attached hydrogen (secondary N) is 1. The van der Waals surface area contributed by atoms with E-state index < -0.39 is 6.04 Å². The molecule has 0 spiro atoms. The highest BCUT2D eigenvalue weighted by Crippen LogP contribution is 2.24. The fourth-order valence-corrected chi connectivity index (χ4v) is 4.60. The van der Waals surface area contributed by atoms with Gasteiger partial charge in [0.05, 0.1) is 6.04 Å². The first-order chi connectivity index (χ1) is 14.0. The van der Waals surface area contributed by atoms with Crippen LogP contribution >= 0.6 is 24.2 Å². The molecule has 1 aromatic heterocycles. The molecule has 30 heavy (non-hydrogen) atoms. The minimum Gasteiger partial charge on any atom is -0.408 e. The lowest BCUT2D eigenvalue weighted by molar-refractivity contribution is -0.126. The number of carbonyl (C=O) groups is 2. The highest BCUT2D eigenvalue weighted by Gasteiger charge is 2.30. The maximum Gasteiger partial charge on any atom is 0.286 e. The molecule has 1 saturated carbocycles. The van der Waals surface area contributed by atoms with Crippen LogP contribution in [0.5, 0.6) is 0 Å². The van der Waals surface area contributed by atoms with Crippen LogP contribution in [0.1, 0.15) is 63.1 Å². The fourth-order valence-electron chi connectivity index (χ4n) is 3.84. The number of thioether (sulfide) groups is 1. The van der Waals surface area contributed by atoms with Gasteiger partial charge in [-0.2, -0.15) is 0 Å². The average molecular weight is 457 g/mol. The number of hydrogen-bond acceptors (Lipinski definition) is 7. The number of carbonyl (C=O) groups excluding carboxylic acids is 2.